The average molecular weight is 604 g/mol. The van der Waals surface area contributed by atoms with E-state index in [0.717, 1.165) is 13.1 Å². The van der Waals surface area contributed by atoms with Crippen LogP contribution in [0.15, 0.2) is 113 Å². The molecule has 1 aliphatic heterocycles. The molecule has 1 atom stereocenters. The van der Waals surface area contributed by atoms with Gasteiger partial charge in [0.1, 0.15) is 10.8 Å². The number of anilines is 1. The SMILES string of the molecule is CC(COC(=O)N1CCC(N(c2ccccc2)S(=O)(=O)c2cccs2)CC1)N(Cc1ccccc1)Cc1ccccc1. The number of nitrogens with zero attached hydrogens (tertiary/aromatic N) is 3. The topological polar surface area (TPSA) is 70.2 Å². The van der Waals surface area contributed by atoms with Gasteiger partial charge in [-0.3, -0.25) is 9.21 Å². The summed E-state index contributed by atoms with van der Waals surface area (Å²) < 4.78 is 35.0. The number of para-hydroxylation sites is 1. The Balaban J connectivity index is 1.20. The van der Waals surface area contributed by atoms with E-state index in [9.17, 15) is 13.2 Å². The van der Waals surface area contributed by atoms with E-state index in [-0.39, 0.29) is 24.8 Å². The normalized spacial score (nSPS) is 15.0. The molecule has 42 heavy (non-hydrogen) atoms. The lowest BCUT2D eigenvalue weighted by Crippen LogP contribution is -2.49. The molecule has 0 saturated carbocycles. The fourth-order valence-electron chi connectivity index (χ4n) is 5.30. The number of benzene rings is 3. The van der Waals surface area contributed by atoms with Crippen LogP contribution in [0.5, 0.6) is 0 Å². The number of thiophene rings is 1. The lowest BCUT2D eigenvalue weighted by molar-refractivity contribution is 0.0592. The van der Waals surface area contributed by atoms with E-state index < -0.39 is 10.0 Å². The molecular formula is C33H37N3O4S2. The predicted octanol–water partition coefficient (Wildman–Crippen LogP) is 6.64. The Kier molecular flexibility index (Phi) is 9.94. The molecule has 1 saturated heterocycles. The maximum atomic E-state index is 13.6. The van der Waals surface area contributed by atoms with Gasteiger partial charge in [-0.25, -0.2) is 13.2 Å². The van der Waals surface area contributed by atoms with Crippen molar-refractivity contribution >= 4 is 33.1 Å². The van der Waals surface area contributed by atoms with Gasteiger partial charge in [0.15, 0.2) is 0 Å². The van der Waals surface area contributed by atoms with Crippen molar-refractivity contribution in [1.29, 1.82) is 0 Å². The standard InChI is InChI=1S/C33H37N3O4S2/c1-27(35(24-28-12-5-2-6-13-28)25-29-14-7-3-8-15-29)26-40-33(37)34-21-19-31(20-22-34)36(30-16-9-4-10-17-30)42(38,39)32-18-11-23-41-32/h2-18,23,27,31H,19-22,24-26H2,1H3. The molecule has 3 aromatic carbocycles. The molecule has 1 unspecified atom stereocenters. The van der Waals surface area contributed by atoms with Gasteiger partial charge in [0.25, 0.3) is 10.0 Å². The smallest absolute Gasteiger partial charge is 0.409 e. The van der Waals surface area contributed by atoms with Crippen molar-refractivity contribution in [3.63, 3.8) is 0 Å². The molecule has 0 bridgehead atoms. The lowest BCUT2D eigenvalue weighted by Gasteiger charge is -2.38. The summed E-state index contributed by atoms with van der Waals surface area (Å²) >= 11 is 1.22. The summed E-state index contributed by atoms with van der Waals surface area (Å²) in [6.07, 6.45) is 0.698. The van der Waals surface area contributed by atoms with Crippen LogP contribution >= 0.6 is 11.3 Å². The number of ether oxygens (including phenoxy) is 1. The molecule has 5 rings (SSSR count). The van der Waals surface area contributed by atoms with Gasteiger partial charge in [-0.05, 0) is 54.5 Å². The zero-order valence-corrected chi connectivity index (χ0v) is 25.4. The van der Waals surface area contributed by atoms with Gasteiger partial charge >= 0.3 is 6.09 Å². The zero-order valence-electron chi connectivity index (χ0n) is 23.8. The Morgan fingerprint density at radius 2 is 1.40 bits per heavy atom. The Morgan fingerprint density at radius 1 is 0.857 bits per heavy atom. The van der Waals surface area contributed by atoms with E-state index in [1.165, 1.54) is 26.8 Å². The van der Waals surface area contributed by atoms with Crippen LogP contribution in [0.25, 0.3) is 0 Å². The van der Waals surface area contributed by atoms with Crippen molar-refractivity contribution in [2.24, 2.45) is 0 Å². The minimum atomic E-state index is -3.72. The van der Waals surface area contributed by atoms with E-state index in [1.807, 2.05) is 66.7 Å². The largest absolute Gasteiger partial charge is 0.448 e. The summed E-state index contributed by atoms with van der Waals surface area (Å²) in [7, 11) is -3.72. The van der Waals surface area contributed by atoms with Gasteiger partial charge < -0.3 is 9.64 Å². The van der Waals surface area contributed by atoms with Crippen LogP contribution in [-0.2, 0) is 27.8 Å². The van der Waals surface area contributed by atoms with E-state index >= 15 is 0 Å². The van der Waals surface area contributed by atoms with E-state index in [2.05, 4.69) is 36.1 Å². The first-order valence-electron chi connectivity index (χ1n) is 14.3. The molecule has 1 aliphatic rings. The van der Waals surface area contributed by atoms with Crippen LogP contribution in [-0.4, -0.2) is 56.1 Å². The lowest BCUT2D eigenvalue weighted by atomic mass is 10.0. The molecule has 7 nitrogen and oxygen atoms in total. The molecule has 0 spiro atoms. The van der Waals surface area contributed by atoms with Gasteiger partial charge in [0.05, 0.1) is 5.69 Å². The Hall–Kier alpha value is -3.66. The van der Waals surface area contributed by atoms with E-state index in [0.29, 0.717) is 35.8 Å². The first-order chi connectivity index (χ1) is 20.4. The molecule has 220 valence electrons. The van der Waals surface area contributed by atoms with E-state index in [1.54, 1.807) is 22.4 Å². The van der Waals surface area contributed by atoms with Crippen LogP contribution in [0, 0.1) is 0 Å². The van der Waals surface area contributed by atoms with Gasteiger partial charge in [-0.2, -0.15) is 0 Å². The monoisotopic (exact) mass is 603 g/mol. The van der Waals surface area contributed by atoms with Gasteiger partial charge in [-0.1, -0.05) is 84.9 Å². The third-order valence-electron chi connectivity index (χ3n) is 7.60. The van der Waals surface area contributed by atoms with Gasteiger partial charge in [-0.15, -0.1) is 11.3 Å². The molecule has 1 amide bonds. The number of hydrogen-bond donors (Lipinski definition) is 0. The highest BCUT2D eigenvalue weighted by molar-refractivity contribution is 7.94. The Bertz CT molecular complexity index is 1450. The van der Waals surface area contributed by atoms with Crippen molar-refractivity contribution in [3.8, 4) is 0 Å². The Morgan fingerprint density at radius 3 is 1.93 bits per heavy atom. The second kappa shape index (κ2) is 14.0. The van der Waals surface area contributed by atoms with Crippen molar-refractivity contribution < 1.29 is 17.9 Å². The number of carbonyl (C=O) groups excluding carboxylic acids is 1. The summed E-state index contributed by atoms with van der Waals surface area (Å²) in [4.78, 5) is 17.1. The fraction of sp³-hybridized carbons (Fsp3) is 0.303. The number of rotatable bonds is 11. The van der Waals surface area contributed by atoms with Crippen molar-refractivity contribution in [3.05, 3.63) is 120 Å². The maximum absolute atomic E-state index is 13.6. The van der Waals surface area contributed by atoms with Gasteiger partial charge in [0.2, 0.25) is 0 Å². The van der Waals surface area contributed by atoms with Crippen molar-refractivity contribution in [2.75, 3.05) is 24.0 Å². The third-order valence-corrected chi connectivity index (χ3v) is 10.9. The third kappa shape index (κ3) is 7.40. The van der Waals surface area contributed by atoms with Crippen LogP contribution < -0.4 is 4.31 Å². The first-order valence-corrected chi connectivity index (χ1v) is 16.6. The number of amides is 1. The van der Waals surface area contributed by atoms with Crippen LogP contribution in [0.2, 0.25) is 0 Å². The second-order valence-corrected chi connectivity index (χ2v) is 13.6. The molecule has 0 radical (unpaired) electrons. The number of hydrogen-bond acceptors (Lipinski definition) is 6. The molecule has 0 N–H and O–H groups in total. The molecular weight excluding hydrogens is 567 g/mol. The van der Waals surface area contributed by atoms with Crippen LogP contribution in [0.3, 0.4) is 0 Å². The number of sulfonamides is 1. The number of carbonyl (C=O) groups is 1. The Labute approximate surface area is 253 Å². The first kappa shape index (κ1) is 29.8. The average Bonchev–Trinajstić information content (AvgIpc) is 3.58. The minimum absolute atomic E-state index is 0.00332. The van der Waals surface area contributed by atoms with Gasteiger partial charge in [0, 0.05) is 38.3 Å². The van der Waals surface area contributed by atoms with Crippen molar-refractivity contribution in [2.45, 2.75) is 49.1 Å². The molecule has 0 aliphatic carbocycles. The summed E-state index contributed by atoms with van der Waals surface area (Å²) in [5.41, 5.74) is 3.04. The highest BCUT2D eigenvalue weighted by atomic mass is 32.2. The fourth-order valence-corrected chi connectivity index (χ4v) is 8.09. The summed E-state index contributed by atoms with van der Waals surface area (Å²) in [6.45, 7) is 4.69. The molecule has 9 heteroatoms. The molecule has 1 aromatic heterocycles. The highest BCUT2D eigenvalue weighted by Gasteiger charge is 2.36. The second-order valence-electron chi connectivity index (χ2n) is 10.6. The van der Waals surface area contributed by atoms with E-state index in [4.69, 9.17) is 4.74 Å². The van der Waals surface area contributed by atoms with Crippen LogP contribution in [0.4, 0.5) is 10.5 Å². The predicted molar refractivity (Wildman–Crippen MR) is 168 cm³/mol. The quantitative estimate of drug-likeness (QED) is 0.192. The number of likely N-dealkylation sites (tertiary alicyclic amines) is 1. The number of piperidine rings is 1. The van der Waals surface area contributed by atoms with Crippen molar-refractivity contribution in [1.82, 2.24) is 9.80 Å². The summed E-state index contributed by atoms with van der Waals surface area (Å²) in [6, 6.07) is 33.0. The molecule has 1 fully saturated rings. The summed E-state index contributed by atoms with van der Waals surface area (Å²) in [5, 5.41) is 1.77. The minimum Gasteiger partial charge on any atom is -0.448 e. The molecule has 2 heterocycles. The maximum Gasteiger partial charge on any atom is 0.409 e. The molecule has 4 aromatic rings. The summed E-state index contributed by atoms with van der Waals surface area (Å²) in [5.74, 6) is 0. The highest BCUT2D eigenvalue weighted by Crippen LogP contribution is 2.32. The zero-order chi connectivity index (χ0) is 29.4. The van der Waals surface area contributed by atoms with Crippen LogP contribution in [0.1, 0.15) is 30.9 Å².